The summed E-state index contributed by atoms with van der Waals surface area (Å²) in [6, 6.07) is 16.4. The highest BCUT2D eigenvalue weighted by Crippen LogP contribution is 2.44. The first-order valence-electron chi connectivity index (χ1n) is 12.1. The normalized spacial score (nSPS) is 21.8. The average molecular weight is 463 g/mol. The Balaban J connectivity index is 1.17. The Labute approximate surface area is 199 Å². The van der Waals surface area contributed by atoms with Gasteiger partial charge in [-0.3, -0.25) is 9.59 Å². The first-order chi connectivity index (χ1) is 16.5. The van der Waals surface area contributed by atoms with Gasteiger partial charge in [0, 0.05) is 31.5 Å². The first kappa shape index (κ1) is 22.4. The van der Waals surface area contributed by atoms with E-state index in [1.165, 1.54) is 22.3 Å². The van der Waals surface area contributed by atoms with Crippen LogP contribution in [-0.4, -0.2) is 53.7 Å². The highest BCUT2D eigenvalue weighted by atomic mass is 16.5. The fraction of sp³-hybridized carbons (Fsp3) is 0.444. The number of benzene rings is 2. The number of nitrogens with zero attached hydrogens (tertiary/aromatic N) is 1. The van der Waals surface area contributed by atoms with Gasteiger partial charge in [0.25, 0.3) is 0 Å². The second-order valence-corrected chi connectivity index (χ2v) is 9.66. The molecule has 0 bridgehead atoms. The van der Waals surface area contributed by atoms with Crippen LogP contribution in [0.2, 0.25) is 0 Å². The summed E-state index contributed by atoms with van der Waals surface area (Å²) in [6.07, 6.45) is 3.61. The van der Waals surface area contributed by atoms with Crippen molar-refractivity contribution in [3.05, 3.63) is 59.7 Å². The molecule has 2 amide bonds. The maximum Gasteiger partial charge on any atom is 0.407 e. The van der Waals surface area contributed by atoms with Gasteiger partial charge in [-0.05, 0) is 41.0 Å². The molecule has 0 aromatic heterocycles. The minimum absolute atomic E-state index is 0.00970. The number of ether oxygens (including phenoxy) is 1. The Kier molecular flexibility index (Phi) is 6.26. The molecule has 7 heteroatoms. The molecule has 2 aromatic rings. The summed E-state index contributed by atoms with van der Waals surface area (Å²) in [7, 11) is 0. The van der Waals surface area contributed by atoms with Crippen LogP contribution in [0.25, 0.3) is 11.1 Å². The third kappa shape index (κ3) is 4.39. The van der Waals surface area contributed by atoms with Crippen LogP contribution in [0.1, 0.15) is 49.1 Å². The predicted molar refractivity (Wildman–Crippen MR) is 126 cm³/mol. The largest absolute Gasteiger partial charge is 0.481 e. The van der Waals surface area contributed by atoms with Crippen LogP contribution in [0.3, 0.4) is 0 Å². The van der Waals surface area contributed by atoms with Crippen molar-refractivity contribution in [1.29, 1.82) is 0 Å². The van der Waals surface area contributed by atoms with Crippen molar-refractivity contribution in [2.75, 3.05) is 19.7 Å². The smallest absolute Gasteiger partial charge is 0.407 e. The Morgan fingerprint density at radius 1 is 0.941 bits per heavy atom. The van der Waals surface area contributed by atoms with Crippen molar-refractivity contribution in [2.24, 2.45) is 11.8 Å². The molecule has 0 radical (unpaired) electrons. The highest BCUT2D eigenvalue weighted by Gasteiger charge is 2.38. The number of carbonyl (C=O) groups excluding carboxylic acids is 2. The van der Waals surface area contributed by atoms with Crippen LogP contribution in [0, 0.1) is 11.8 Å². The zero-order valence-corrected chi connectivity index (χ0v) is 19.1. The lowest BCUT2D eigenvalue weighted by Crippen LogP contribution is -2.54. The summed E-state index contributed by atoms with van der Waals surface area (Å²) >= 11 is 0. The number of amides is 2. The summed E-state index contributed by atoms with van der Waals surface area (Å²) < 4.78 is 5.71. The van der Waals surface area contributed by atoms with Crippen molar-refractivity contribution in [2.45, 2.75) is 44.1 Å². The van der Waals surface area contributed by atoms with Gasteiger partial charge in [0.2, 0.25) is 5.91 Å². The van der Waals surface area contributed by atoms with E-state index in [4.69, 9.17) is 9.84 Å². The molecule has 2 fully saturated rings. The van der Waals surface area contributed by atoms with Crippen molar-refractivity contribution in [3.8, 4) is 11.1 Å². The lowest BCUT2D eigenvalue weighted by molar-refractivity contribution is -0.153. The number of rotatable bonds is 6. The van der Waals surface area contributed by atoms with E-state index in [9.17, 15) is 14.4 Å². The number of fused-ring (bicyclic) bond motifs is 3. The van der Waals surface area contributed by atoms with E-state index in [1.807, 2.05) is 24.3 Å². The minimum atomic E-state index is -0.850. The number of hydrogen-bond acceptors (Lipinski definition) is 4. The Morgan fingerprint density at radius 3 is 2.21 bits per heavy atom. The second kappa shape index (κ2) is 9.49. The number of hydrogen-bond donors (Lipinski definition) is 2. The van der Waals surface area contributed by atoms with E-state index in [2.05, 4.69) is 29.6 Å². The van der Waals surface area contributed by atoms with Crippen LogP contribution in [-0.2, 0) is 14.3 Å². The van der Waals surface area contributed by atoms with Gasteiger partial charge in [-0.2, -0.15) is 0 Å². The molecule has 2 N–H and O–H groups in total. The SMILES string of the molecule is O=C(N[C@H]1CCCC[C@H]1CC(=O)N1CC(C(=O)O)C1)OCC1c2ccccc2-c2ccccc21. The van der Waals surface area contributed by atoms with Crippen LogP contribution < -0.4 is 5.32 Å². The summed E-state index contributed by atoms with van der Waals surface area (Å²) in [5, 5.41) is 12.1. The van der Waals surface area contributed by atoms with Crippen LogP contribution in [0.15, 0.2) is 48.5 Å². The van der Waals surface area contributed by atoms with Gasteiger partial charge in [0.1, 0.15) is 6.61 Å². The average Bonchev–Trinajstić information content (AvgIpc) is 3.11. The van der Waals surface area contributed by atoms with Crippen LogP contribution >= 0.6 is 0 Å². The quantitative estimate of drug-likeness (QED) is 0.676. The minimum Gasteiger partial charge on any atom is -0.481 e. The molecule has 7 nitrogen and oxygen atoms in total. The van der Waals surface area contributed by atoms with Crippen molar-refractivity contribution in [1.82, 2.24) is 10.2 Å². The van der Waals surface area contributed by atoms with Gasteiger partial charge in [0.15, 0.2) is 0 Å². The summed E-state index contributed by atoms with van der Waals surface area (Å²) in [4.78, 5) is 38.0. The highest BCUT2D eigenvalue weighted by molar-refractivity contribution is 5.81. The summed E-state index contributed by atoms with van der Waals surface area (Å²) in [5.74, 6) is -1.27. The Hall–Kier alpha value is -3.35. The van der Waals surface area contributed by atoms with E-state index in [0.717, 1.165) is 25.7 Å². The number of carboxylic acid groups (broad SMARTS) is 1. The van der Waals surface area contributed by atoms with Gasteiger partial charge < -0.3 is 20.1 Å². The molecule has 0 unspecified atom stereocenters. The third-order valence-electron chi connectivity index (χ3n) is 7.58. The molecule has 2 atom stereocenters. The lowest BCUT2D eigenvalue weighted by atomic mass is 9.81. The van der Waals surface area contributed by atoms with E-state index in [-0.39, 0.29) is 43.5 Å². The monoisotopic (exact) mass is 462 g/mol. The number of aliphatic carboxylic acids is 1. The van der Waals surface area contributed by atoms with E-state index >= 15 is 0 Å². The lowest BCUT2D eigenvalue weighted by Gasteiger charge is -2.39. The van der Waals surface area contributed by atoms with E-state index < -0.39 is 18.0 Å². The summed E-state index contributed by atoms with van der Waals surface area (Å²) in [6.45, 7) is 0.831. The molecule has 0 spiro atoms. The molecule has 178 valence electrons. The maximum atomic E-state index is 12.7. The standard InChI is InChI=1S/C27H30N2O5/c30-25(29-14-18(15-29)26(31)32)13-17-7-1-6-12-24(17)28-27(33)34-16-23-21-10-4-2-8-19(21)20-9-3-5-11-22(20)23/h2-5,8-11,17-18,23-24H,1,6-7,12-16H2,(H,28,33)(H,31,32)/t17-,24-/m0/s1. The first-order valence-corrected chi connectivity index (χ1v) is 12.1. The molecule has 1 aliphatic heterocycles. The molecule has 1 saturated heterocycles. The zero-order chi connectivity index (χ0) is 23.7. The maximum absolute atomic E-state index is 12.7. The van der Waals surface area contributed by atoms with E-state index in [0.29, 0.717) is 6.42 Å². The molecule has 3 aliphatic rings. The molecule has 34 heavy (non-hydrogen) atoms. The van der Waals surface area contributed by atoms with Crippen LogP contribution in [0.5, 0.6) is 0 Å². The van der Waals surface area contributed by atoms with Gasteiger partial charge in [-0.15, -0.1) is 0 Å². The third-order valence-corrected chi connectivity index (χ3v) is 7.58. The van der Waals surface area contributed by atoms with Gasteiger partial charge in [0.05, 0.1) is 5.92 Å². The topological polar surface area (TPSA) is 95.9 Å². The van der Waals surface area contributed by atoms with Gasteiger partial charge in [-0.1, -0.05) is 61.4 Å². The number of carbonyl (C=O) groups is 3. The fourth-order valence-corrected chi connectivity index (χ4v) is 5.63. The summed E-state index contributed by atoms with van der Waals surface area (Å²) in [5.41, 5.74) is 4.72. The number of likely N-dealkylation sites (tertiary alicyclic amines) is 1. The fourth-order valence-electron chi connectivity index (χ4n) is 5.63. The molecular formula is C27H30N2O5. The van der Waals surface area contributed by atoms with E-state index in [1.54, 1.807) is 4.90 Å². The van der Waals surface area contributed by atoms with Gasteiger partial charge >= 0.3 is 12.1 Å². The van der Waals surface area contributed by atoms with Crippen molar-refractivity contribution in [3.63, 3.8) is 0 Å². The number of alkyl carbamates (subject to hydrolysis) is 1. The molecule has 2 aliphatic carbocycles. The Morgan fingerprint density at radius 2 is 1.56 bits per heavy atom. The molecule has 1 heterocycles. The zero-order valence-electron chi connectivity index (χ0n) is 19.1. The van der Waals surface area contributed by atoms with Crippen LogP contribution in [0.4, 0.5) is 4.79 Å². The number of carboxylic acids is 1. The van der Waals surface area contributed by atoms with Gasteiger partial charge in [-0.25, -0.2) is 4.79 Å². The Bertz CT molecular complexity index is 1050. The molecular weight excluding hydrogens is 432 g/mol. The molecule has 5 rings (SSSR count). The second-order valence-electron chi connectivity index (χ2n) is 9.66. The number of nitrogens with one attached hydrogen (secondary N) is 1. The predicted octanol–water partition coefficient (Wildman–Crippen LogP) is 4.02. The molecule has 2 aromatic carbocycles. The van der Waals surface area contributed by atoms with Crippen molar-refractivity contribution < 1.29 is 24.2 Å². The molecule has 1 saturated carbocycles. The van der Waals surface area contributed by atoms with Crippen molar-refractivity contribution >= 4 is 18.0 Å².